The molecule has 0 radical (unpaired) electrons. The molecule has 1 aromatic heterocycles. The second-order valence-electron chi connectivity index (χ2n) is 6.07. The Hall–Kier alpha value is -2.34. The number of carbonyl (C=O) groups is 1. The molecule has 0 spiro atoms. The molecule has 6 heteroatoms. The lowest BCUT2D eigenvalue weighted by molar-refractivity contribution is 0.130. The number of nitrogens with zero attached hydrogens (tertiary/aromatic N) is 3. The third-order valence-corrected chi connectivity index (χ3v) is 4.36. The molecule has 6 nitrogen and oxygen atoms in total. The van der Waals surface area contributed by atoms with Crippen LogP contribution in [0.15, 0.2) is 36.5 Å². The van der Waals surface area contributed by atoms with Crippen LogP contribution < -0.4 is 5.32 Å². The Morgan fingerprint density at radius 1 is 1.39 bits per heavy atom. The Labute approximate surface area is 135 Å². The number of benzene rings is 1. The Balaban J connectivity index is 1.69. The van der Waals surface area contributed by atoms with Crippen LogP contribution in [0, 0.1) is 12.8 Å². The fraction of sp³-hybridized carbons (Fsp3) is 0.412. The molecule has 2 atom stereocenters. The number of hydrogen-bond donors (Lipinski definition) is 2. The van der Waals surface area contributed by atoms with Crippen molar-refractivity contribution in [2.45, 2.75) is 26.4 Å². The van der Waals surface area contributed by atoms with E-state index >= 15 is 0 Å². The largest absolute Gasteiger partial charge is 0.393 e. The van der Waals surface area contributed by atoms with Crippen molar-refractivity contribution in [3.05, 3.63) is 42.2 Å². The number of carbonyl (C=O) groups excluding carboxylic acids is 1. The van der Waals surface area contributed by atoms with E-state index in [1.165, 1.54) is 0 Å². The molecule has 1 saturated heterocycles. The van der Waals surface area contributed by atoms with Crippen molar-refractivity contribution in [1.82, 2.24) is 14.7 Å². The zero-order valence-corrected chi connectivity index (χ0v) is 13.4. The van der Waals surface area contributed by atoms with E-state index in [1.54, 1.807) is 16.5 Å². The summed E-state index contributed by atoms with van der Waals surface area (Å²) in [5, 5.41) is 17.0. The van der Waals surface area contributed by atoms with Gasteiger partial charge in [-0.3, -0.25) is 0 Å². The van der Waals surface area contributed by atoms with Gasteiger partial charge in [0.15, 0.2) is 0 Å². The van der Waals surface area contributed by atoms with Crippen molar-refractivity contribution < 1.29 is 9.90 Å². The average molecular weight is 314 g/mol. The van der Waals surface area contributed by atoms with Gasteiger partial charge >= 0.3 is 6.03 Å². The number of nitrogens with one attached hydrogen (secondary N) is 1. The van der Waals surface area contributed by atoms with Crippen LogP contribution in [0.4, 0.5) is 10.5 Å². The molecule has 2 aromatic rings. The predicted octanol–water partition coefficient (Wildman–Crippen LogP) is 2.42. The van der Waals surface area contributed by atoms with E-state index in [9.17, 15) is 9.90 Å². The van der Waals surface area contributed by atoms with Gasteiger partial charge in [-0.2, -0.15) is 5.10 Å². The summed E-state index contributed by atoms with van der Waals surface area (Å²) in [5.74, 6) is 0.161. The minimum Gasteiger partial charge on any atom is -0.393 e. The van der Waals surface area contributed by atoms with Crippen LogP contribution in [0.25, 0.3) is 5.69 Å². The summed E-state index contributed by atoms with van der Waals surface area (Å²) >= 11 is 0. The Kier molecular flexibility index (Phi) is 4.34. The number of amides is 2. The first-order chi connectivity index (χ1) is 11.0. The van der Waals surface area contributed by atoms with Gasteiger partial charge in [0.1, 0.15) is 0 Å². The fourth-order valence-corrected chi connectivity index (χ4v) is 2.86. The van der Waals surface area contributed by atoms with Crippen LogP contribution in [0.2, 0.25) is 0 Å². The van der Waals surface area contributed by atoms with Crippen LogP contribution in [-0.4, -0.2) is 45.0 Å². The Morgan fingerprint density at radius 3 is 2.78 bits per heavy atom. The number of hydrogen-bond acceptors (Lipinski definition) is 3. The third kappa shape index (κ3) is 3.37. The summed E-state index contributed by atoms with van der Waals surface area (Å²) in [4.78, 5) is 14.1. The number of aliphatic hydroxyl groups is 1. The van der Waals surface area contributed by atoms with Crippen LogP contribution >= 0.6 is 0 Å². The highest BCUT2D eigenvalue weighted by molar-refractivity contribution is 5.90. The second-order valence-corrected chi connectivity index (χ2v) is 6.07. The molecule has 2 N–H and O–H groups in total. The quantitative estimate of drug-likeness (QED) is 0.914. The van der Waals surface area contributed by atoms with E-state index in [4.69, 9.17) is 0 Å². The van der Waals surface area contributed by atoms with Crippen LogP contribution in [-0.2, 0) is 0 Å². The first-order valence-corrected chi connectivity index (χ1v) is 7.90. The summed E-state index contributed by atoms with van der Waals surface area (Å²) < 4.78 is 1.76. The summed E-state index contributed by atoms with van der Waals surface area (Å²) in [6, 6.07) is 9.64. The van der Waals surface area contributed by atoms with Crippen molar-refractivity contribution >= 4 is 11.7 Å². The molecular weight excluding hydrogens is 292 g/mol. The Bertz CT molecular complexity index is 681. The molecule has 1 aliphatic heterocycles. The van der Waals surface area contributed by atoms with Gasteiger partial charge in [0, 0.05) is 19.0 Å². The Morgan fingerprint density at radius 2 is 2.13 bits per heavy atom. The number of anilines is 1. The van der Waals surface area contributed by atoms with E-state index in [0.29, 0.717) is 18.8 Å². The standard InChI is InChI=1S/C17H22N4O2/c1-12-16(11-21(19-12)15-6-4-3-5-7-15)18-17(23)20-9-8-14(10-20)13(2)22/h3-7,11,13-14,22H,8-10H2,1-2H3,(H,18,23)/t13-,14-/m1/s1. The minimum absolute atomic E-state index is 0.135. The molecule has 2 heterocycles. The van der Waals surface area contributed by atoms with Gasteiger partial charge < -0.3 is 15.3 Å². The number of likely N-dealkylation sites (tertiary alicyclic amines) is 1. The van der Waals surface area contributed by atoms with Gasteiger partial charge in [-0.15, -0.1) is 0 Å². The van der Waals surface area contributed by atoms with Gasteiger partial charge in [0.2, 0.25) is 0 Å². The van der Waals surface area contributed by atoms with Gasteiger partial charge in [0.05, 0.1) is 29.4 Å². The number of rotatable bonds is 3. The van der Waals surface area contributed by atoms with E-state index in [2.05, 4.69) is 10.4 Å². The van der Waals surface area contributed by atoms with E-state index in [1.807, 2.05) is 43.5 Å². The zero-order valence-electron chi connectivity index (χ0n) is 13.4. The fourth-order valence-electron chi connectivity index (χ4n) is 2.86. The molecule has 0 aliphatic carbocycles. The van der Waals surface area contributed by atoms with E-state index in [0.717, 1.165) is 17.8 Å². The zero-order chi connectivity index (χ0) is 16.4. The van der Waals surface area contributed by atoms with Crippen LogP contribution in [0.5, 0.6) is 0 Å². The summed E-state index contributed by atoms with van der Waals surface area (Å²) in [6.45, 7) is 4.92. The number of para-hydroxylation sites is 1. The second kappa shape index (κ2) is 6.42. The molecule has 23 heavy (non-hydrogen) atoms. The first kappa shape index (κ1) is 15.6. The lowest BCUT2D eigenvalue weighted by Gasteiger charge is -2.18. The molecule has 0 bridgehead atoms. The first-order valence-electron chi connectivity index (χ1n) is 7.90. The van der Waals surface area contributed by atoms with Gasteiger partial charge in [-0.1, -0.05) is 18.2 Å². The van der Waals surface area contributed by atoms with Crippen LogP contribution in [0.3, 0.4) is 0 Å². The number of aliphatic hydroxyl groups excluding tert-OH is 1. The predicted molar refractivity (Wildman–Crippen MR) is 88.7 cm³/mol. The lowest BCUT2D eigenvalue weighted by atomic mass is 10.0. The minimum atomic E-state index is -0.379. The maximum Gasteiger partial charge on any atom is 0.321 e. The molecule has 1 aliphatic rings. The van der Waals surface area contributed by atoms with Crippen molar-refractivity contribution in [3.63, 3.8) is 0 Å². The molecule has 0 unspecified atom stereocenters. The normalized spacial score (nSPS) is 18.9. The monoisotopic (exact) mass is 314 g/mol. The highest BCUT2D eigenvalue weighted by Crippen LogP contribution is 2.22. The highest BCUT2D eigenvalue weighted by atomic mass is 16.3. The van der Waals surface area contributed by atoms with Gasteiger partial charge in [-0.25, -0.2) is 9.48 Å². The topological polar surface area (TPSA) is 70.4 Å². The van der Waals surface area contributed by atoms with Crippen molar-refractivity contribution in [2.75, 3.05) is 18.4 Å². The van der Waals surface area contributed by atoms with E-state index in [-0.39, 0.29) is 18.1 Å². The summed E-state index contributed by atoms with van der Waals surface area (Å²) in [7, 11) is 0. The summed E-state index contributed by atoms with van der Waals surface area (Å²) in [6.07, 6.45) is 2.29. The van der Waals surface area contributed by atoms with E-state index < -0.39 is 0 Å². The van der Waals surface area contributed by atoms with Gasteiger partial charge in [-0.05, 0) is 32.4 Å². The maximum atomic E-state index is 12.4. The molecule has 1 fully saturated rings. The van der Waals surface area contributed by atoms with Crippen molar-refractivity contribution in [1.29, 1.82) is 0 Å². The third-order valence-electron chi connectivity index (χ3n) is 4.36. The highest BCUT2D eigenvalue weighted by Gasteiger charge is 2.29. The number of aryl methyl sites for hydroxylation is 1. The SMILES string of the molecule is Cc1nn(-c2ccccc2)cc1NC(=O)N1CC[C@@H]([C@@H](C)O)C1. The van der Waals surface area contributed by atoms with Gasteiger partial charge in [0.25, 0.3) is 0 Å². The molecule has 1 aromatic carbocycles. The molecule has 3 rings (SSSR count). The molecular formula is C17H22N4O2. The summed E-state index contributed by atoms with van der Waals surface area (Å²) in [5.41, 5.74) is 2.43. The molecule has 0 saturated carbocycles. The van der Waals surface area contributed by atoms with Crippen LogP contribution in [0.1, 0.15) is 19.0 Å². The average Bonchev–Trinajstić information content (AvgIpc) is 3.16. The molecule has 122 valence electrons. The van der Waals surface area contributed by atoms with Crippen molar-refractivity contribution in [2.24, 2.45) is 5.92 Å². The lowest BCUT2D eigenvalue weighted by Crippen LogP contribution is -2.34. The van der Waals surface area contributed by atoms with Crippen molar-refractivity contribution in [3.8, 4) is 5.69 Å². The number of aromatic nitrogens is 2. The maximum absolute atomic E-state index is 12.4. The number of urea groups is 1. The smallest absolute Gasteiger partial charge is 0.321 e. The molecule has 2 amide bonds.